The predicted octanol–water partition coefficient (Wildman–Crippen LogP) is 4.39. The second-order valence-electron chi connectivity index (χ2n) is 6.11. The van der Waals surface area contributed by atoms with Crippen LogP contribution in [0.25, 0.3) is 0 Å². The Labute approximate surface area is 130 Å². The van der Waals surface area contributed by atoms with E-state index in [2.05, 4.69) is 34.7 Å². The molecule has 0 saturated carbocycles. The van der Waals surface area contributed by atoms with Crippen LogP contribution in [0.15, 0.2) is 28.7 Å². The highest BCUT2D eigenvalue weighted by atomic mass is 79.9. The van der Waals surface area contributed by atoms with Crippen molar-refractivity contribution >= 4 is 21.7 Å². The lowest BCUT2D eigenvalue weighted by molar-refractivity contribution is 0.0943. The molecule has 2 nitrogen and oxygen atoms in total. The molecule has 0 radical (unpaired) electrons. The van der Waals surface area contributed by atoms with E-state index in [0.29, 0.717) is 6.42 Å². The van der Waals surface area contributed by atoms with E-state index >= 15 is 0 Å². The van der Waals surface area contributed by atoms with Gasteiger partial charge < -0.3 is 4.90 Å². The fraction of sp³-hybridized carbons (Fsp3) is 0.588. The van der Waals surface area contributed by atoms with Crippen molar-refractivity contribution in [3.8, 4) is 0 Å². The van der Waals surface area contributed by atoms with Gasteiger partial charge in [-0.25, -0.2) is 0 Å². The van der Waals surface area contributed by atoms with Gasteiger partial charge in [-0.05, 0) is 49.9 Å². The summed E-state index contributed by atoms with van der Waals surface area (Å²) in [6.07, 6.45) is 3.19. The fourth-order valence-electron chi connectivity index (χ4n) is 2.91. The number of likely N-dealkylation sites (tertiary alicyclic amines) is 1. The summed E-state index contributed by atoms with van der Waals surface area (Å²) in [6.45, 7) is 7.83. The van der Waals surface area contributed by atoms with Crippen LogP contribution in [0.4, 0.5) is 0 Å². The van der Waals surface area contributed by atoms with Crippen LogP contribution in [0.2, 0.25) is 0 Å². The molecule has 1 aromatic carbocycles. The first-order valence-corrected chi connectivity index (χ1v) is 8.36. The van der Waals surface area contributed by atoms with Gasteiger partial charge >= 0.3 is 0 Å². The van der Waals surface area contributed by atoms with E-state index in [1.165, 1.54) is 12.8 Å². The number of Topliss-reactive ketones (excluding diaryl/α,β-unsaturated/α-hetero) is 1. The van der Waals surface area contributed by atoms with Crippen LogP contribution >= 0.6 is 15.9 Å². The molecule has 0 atom stereocenters. The molecule has 1 aromatic rings. The second-order valence-corrected chi connectivity index (χ2v) is 7.02. The summed E-state index contributed by atoms with van der Waals surface area (Å²) in [5.74, 6) is 1.91. The molecule has 0 spiro atoms. The number of halogens is 1. The molecular weight excluding hydrogens is 314 g/mol. The molecule has 20 heavy (non-hydrogen) atoms. The number of hydrogen-bond donors (Lipinski definition) is 0. The van der Waals surface area contributed by atoms with Crippen molar-refractivity contribution in [2.45, 2.75) is 33.1 Å². The Morgan fingerprint density at radius 3 is 2.65 bits per heavy atom. The standard InChI is InChI=1S/C17H24BrNO/c1-13(2)14-6-9-19(10-7-14)11-8-17(20)15-4-3-5-16(18)12-15/h3-5,12-14H,6-11H2,1-2H3. The highest BCUT2D eigenvalue weighted by Gasteiger charge is 2.21. The fourth-order valence-corrected chi connectivity index (χ4v) is 3.31. The van der Waals surface area contributed by atoms with Crippen LogP contribution in [-0.2, 0) is 0 Å². The van der Waals surface area contributed by atoms with E-state index in [4.69, 9.17) is 0 Å². The second kappa shape index (κ2) is 7.37. The van der Waals surface area contributed by atoms with Gasteiger partial charge in [-0.2, -0.15) is 0 Å². The van der Waals surface area contributed by atoms with Gasteiger partial charge in [0.25, 0.3) is 0 Å². The molecule has 0 aromatic heterocycles. The Morgan fingerprint density at radius 2 is 2.05 bits per heavy atom. The normalized spacial score (nSPS) is 17.6. The largest absolute Gasteiger partial charge is 0.303 e. The highest BCUT2D eigenvalue weighted by Crippen LogP contribution is 2.24. The molecule has 0 unspecified atom stereocenters. The van der Waals surface area contributed by atoms with E-state index in [-0.39, 0.29) is 5.78 Å². The third-order valence-electron chi connectivity index (χ3n) is 4.38. The molecule has 1 saturated heterocycles. The lowest BCUT2D eigenvalue weighted by Gasteiger charge is -2.33. The Balaban J connectivity index is 1.77. The number of rotatable bonds is 5. The maximum Gasteiger partial charge on any atom is 0.164 e. The zero-order valence-electron chi connectivity index (χ0n) is 12.4. The zero-order chi connectivity index (χ0) is 14.5. The molecule has 0 aliphatic carbocycles. The van der Waals surface area contributed by atoms with Crippen LogP contribution in [0.5, 0.6) is 0 Å². The first kappa shape index (κ1) is 15.7. The number of carbonyl (C=O) groups is 1. The van der Waals surface area contributed by atoms with Gasteiger partial charge in [-0.1, -0.05) is 41.9 Å². The Bertz CT molecular complexity index is 450. The lowest BCUT2D eigenvalue weighted by atomic mass is 9.86. The Kier molecular flexibility index (Phi) is 5.79. The van der Waals surface area contributed by atoms with E-state index in [0.717, 1.165) is 41.5 Å². The average Bonchev–Trinajstić information content (AvgIpc) is 2.45. The summed E-state index contributed by atoms with van der Waals surface area (Å²) in [5, 5.41) is 0. The van der Waals surface area contributed by atoms with Crippen molar-refractivity contribution in [2.75, 3.05) is 19.6 Å². The van der Waals surface area contributed by atoms with Gasteiger partial charge in [-0.15, -0.1) is 0 Å². The molecule has 3 heteroatoms. The number of carbonyl (C=O) groups excluding carboxylic acids is 1. The minimum atomic E-state index is 0.247. The molecule has 110 valence electrons. The van der Waals surface area contributed by atoms with Crippen molar-refractivity contribution in [2.24, 2.45) is 11.8 Å². The minimum Gasteiger partial charge on any atom is -0.303 e. The van der Waals surface area contributed by atoms with Crippen LogP contribution in [0.1, 0.15) is 43.5 Å². The zero-order valence-corrected chi connectivity index (χ0v) is 14.0. The number of piperidine rings is 1. The van der Waals surface area contributed by atoms with Crippen LogP contribution in [-0.4, -0.2) is 30.3 Å². The van der Waals surface area contributed by atoms with Crippen molar-refractivity contribution in [3.63, 3.8) is 0 Å². The molecule has 1 aliphatic heterocycles. The lowest BCUT2D eigenvalue weighted by Crippen LogP contribution is -2.36. The Morgan fingerprint density at radius 1 is 1.35 bits per heavy atom. The monoisotopic (exact) mass is 337 g/mol. The predicted molar refractivity (Wildman–Crippen MR) is 87.1 cm³/mol. The first-order chi connectivity index (χ1) is 9.56. The molecule has 1 heterocycles. The number of nitrogens with zero attached hydrogens (tertiary/aromatic N) is 1. The summed E-state index contributed by atoms with van der Waals surface area (Å²) < 4.78 is 0.973. The highest BCUT2D eigenvalue weighted by molar-refractivity contribution is 9.10. The molecule has 0 amide bonds. The van der Waals surface area contributed by atoms with E-state index < -0.39 is 0 Å². The van der Waals surface area contributed by atoms with Gasteiger partial charge in [-0.3, -0.25) is 4.79 Å². The molecular formula is C17H24BrNO. The maximum atomic E-state index is 12.2. The summed E-state index contributed by atoms with van der Waals surface area (Å²) in [6, 6.07) is 7.68. The molecule has 0 bridgehead atoms. The van der Waals surface area contributed by atoms with Gasteiger partial charge in [0.15, 0.2) is 5.78 Å². The Hall–Kier alpha value is -0.670. The number of benzene rings is 1. The first-order valence-electron chi connectivity index (χ1n) is 7.57. The topological polar surface area (TPSA) is 20.3 Å². The maximum absolute atomic E-state index is 12.2. The third kappa shape index (κ3) is 4.42. The summed E-state index contributed by atoms with van der Waals surface area (Å²) in [5.41, 5.74) is 0.816. The van der Waals surface area contributed by atoms with E-state index in [1.54, 1.807) is 0 Å². The molecule has 1 aliphatic rings. The van der Waals surface area contributed by atoms with Gasteiger partial charge in [0.1, 0.15) is 0 Å². The van der Waals surface area contributed by atoms with Gasteiger partial charge in [0.05, 0.1) is 0 Å². The SMILES string of the molecule is CC(C)C1CCN(CCC(=O)c2cccc(Br)c2)CC1. The number of hydrogen-bond acceptors (Lipinski definition) is 2. The van der Waals surface area contributed by atoms with Crippen molar-refractivity contribution < 1.29 is 4.79 Å². The third-order valence-corrected chi connectivity index (χ3v) is 4.87. The smallest absolute Gasteiger partial charge is 0.164 e. The summed E-state index contributed by atoms with van der Waals surface area (Å²) in [4.78, 5) is 14.6. The van der Waals surface area contributed by atoms with Crippen molar-refractivity contribution in [3.05, 3.63) is 34.3 Å². The molecule has 1 fully saturated rings. The van der Waals surface area contributed by atoms with E-state index in [1.807, 2.05) is 24.3 Å². The van der Waals surface area contributed by atoms with Crippen LogP contribution < -0.4 is 0 Å². The average molecular weight is 338 g/mol. The molecule has 0 N–H and O–H groups in total. The van der Waals surface area contributed by atoms with Crippen LogP contribution in [0.3, 0.4) is 0 Å². The quantitative estimate of drug-likeness (QED) is 0.742. The summed E-state index contributed by atoms with van der Waals surface area (Å²) in [7, 11) is 0. The minimum absolute atomic E-state index is 0.247. The van der Waals surface area contributed by atoms with Gasteiger partial charge in [0, 0.05) is 23.0 Å². The van der Waals surface area contributed by atoms with Crippen molar-refractivity contribution in [1.29, 1.82) is 0 Å². The molecule has 2 rings (SSSR count). The van der Waals surface area contributed by atoms with Gasteiger partial charge in [0.2, 0.25) is 0 Å². The summed E-state index contributed by atoms with van der Waals surface area (Å²) >= 11 is 3.42. The van der Waals surface area contributed by atoms with Crippen LogP contribution in [0, 0.1) is 11.8 Å². The van der Waals surface area contributed by atoms with E-state index in [9.17, 15) is 4.79 Å². The van der Waals surface area contributed by atoms with Crippen molar-refractivity contribution in [1.82, 2.24) is 4.90 Å². The number of ketones is 1.